The van der Waals surface area contributed by atoms with Gasteiger partial charge in [-0.1, -0.05) is 42.5 Å². The quantitative estimate of drug-likeness (QED) is 0.617. The highest BCUT2D eigenvalue weighted by Crippen LogP contribution is 2.19. The lowest BCUT2D eigenvalue weighted by Gasteiger charge is -2.10. The van der Waals surface area contributed by atoms with Crippen molar-refractivity contribution in [3.8, 4) is 0 Å². The predicted molar refractivity (Wildman–Crippen MR) is 119 cm³/mol. The molecule has 0 bridgehead atoms. The van der Waals surface area contributed by atoms with Crippen molar-refractivity contribution in [2.45, 2.75) is 45.2 Å². The van der Waals surface area contributed by atoms with Gasteiger partial charge in [0.15, 0.2) is 9.84 Å². The summed E-state index contributed by atoms with van der Waals surface area (Å²) in [4.78, 5) is 12.9. The number of nitrogens with zero attached hydrogens (tertiary/aromatic N) is 2. The van der Waals surface area contributed by atoms with E-state index in [1.165, 1.54) is 0 Å². The Morgan fingerprint density at radius 1 is 1.03 bits per heavy atom. The summed E-state index contributed by atoms with van der Waals surface area (Å²) in [5, 5.41) is 6.97. The lowest BCUT2D eigenvalue weighted by molar-refractivity contribution is 0.102. The Kier molecular flexibility index (Phi) is 6.41. The van der Waals surface area contributed by atoms with Gasteiger partial charge in [0.25, 0.3) is 5.91 Å². The molecule has 0 unspecified atom stereocenters. The fourth-order valence-corrected chi connectivity index (χ4v) is 4.24. The Bertz CT molecular complexity index is 1150. The number of nitrogens with one attached hydrogen (secondary N) is 1. The van der Waals surface area contributed by atoms with Crippen LogP contribution >= 0.6 is 0 Å². The summed E-state index contributed by atoms with van der Waals surface area (Å²) in [5.74, 6) is -0.310. The molecule has 3 rings (SSSR count). The third-order valence-electron chi connectivity index (χ3n) is 5.05. The lowest BCUT2D eigenvalue weighted by Crippen LogP contribution is -2.17. The molecular weight excluding hydrogens is 398 g/mol. The molecule has 1 amide bonds. The molecule has 0 spiro atoms. The van der Waals surface area contributed by atoms with Gasteiger partial charge in [0.2, 0.25) is 0 Å². The van der Waals surface area contributed by atoms with E-state index in [1.807, 2.05) is 48.9 Å². The van der Waals surface area contributed by atoms with Crippen LogP contribution in [0, 0.1) is 13.8 Å². The van der Waals surface area contributed by atoms with Crippen molar-refractivity contribution in [2.75, 3.05) is 5.32 Å². The van der Waals surface area contributed by atoms with Crippen LogP contribution in [0.3, 0.4) is 0 Å². The van der Waals surface area contributed by atoms with Crippen LogP contribution < -0.4 is 5.32 Å². The molecule has 2 aromatic carbocycles. The standard InChI is InChI=1S/C23H27N3O3S/c1-16(2)30(28,29)15-20-11-8-12-21(13-20)24-23(27)22-17(3)25-26(18(22)4)14-19-9-6-5-7-10-19/h5-13,16H,14-15H2,1-4H3,(H,24,27). The van der Waals surface area contributed by atoms with Gasteiger partial charge in [-0.15, -0.1) is 0 Å². The molecule has 1 N–H and O–H groups in total. The molecule has 6 nitrogen and oxygen atoms in total. The fraction of sp³-hybridized carbons (Fsp3) is 0.304. The number of sulfone groups is 1. The minimum atomic E-state index is -3.21. The molecule has 3 aromatic rings. The number of anilines is 1. The Morgan fingerprint density at radius 3 is 2.37 bits per heavy atom. The highest BCUT2D eigenvalue weighted by atomic mass is 32.2. The second kappa shape index (κ2) is 8.83. The highest BCUT2D eigenvalue weighted by molar-refractivity contribution is 7.91. The molecule has 158 valence electrons. The first-order chi connectivity index (χ1) is 14.2. The Morgan fingerprint density at radius 2 is 1.70 bits per heavy atom. The zero-order valence-electron chi connectivity index (χ0n) is 17.7. The van der Waals surface area contributed by atoms with Crippen LogP contribution in [0.4, 0.5) is 5.69 Å². The third-order valence-corrected chi connectivity index (χ3v) is 7.23. The van der Waals surface area contributed by atoms with Crippen LogP contribution in [-0.4, -0.2) is 29.4 Å². The molecule has 0 fully saturated rings. The van der Waals surface area contributed by atoms with Crippen molar-refractivity contribution < 1.29 is 13.2 Å². The molecule has 0 aliphatic carbocycles. The van der Waals surface area contributed by atoms with Crippen molar-refractivity contribution in [3.05, 3.63) is 82.7 Å². The molecule has 30 heavy (non-hydrogen) atoms. The molecule has 0 aliphatic heterocycles. The van der Waals surface area contributed by atoms with Gasteiger partial charge < -0.3 is 5.32 Å². The van der Waals surface area contributed by atoms with Crippen LogP contribution in [0.1, 0.15) is 46.7 Å². The second-order valence-electron chi connectivity index (χ2n) is 7.70. The Hall–Kier alpha value is -2.93. The third kappa shape index (κ3) is 4.97. The normalized spacial score (nSPS) is 11.6. The molecule has 0 radical (unpaired) electrons. The number of rotatable bonds is 7. The van der Waals surface area contributed by atoms with Gasteiger partial charge in [0, 0.05) is 11.4 Å². The van der Waals surface area contributed by atoms with Gasteiger partial charge in [-0.05, 0) is 51.0 Å². The highest BCUT2D eigenvalue weighted by Gasteiger charge is 2.20. The van der Waals surface area contributed by atoms with Gasteiger partial charge in [-0.3, -0.25) is 9.48 Å². The number of carbonyl (C=O) groups is 1. The predicted octanol–water partition coefficient (Wildman–Crippen LogP) is 4.12. The summed E-state index contributed by atoms with van der Waals surface area (Å²) in [6.45, 7) is 7.61. The van der Waals surface area contributed by atoms with E-state index in [-0.39, 0.29) is 11.7 Å². The Balaban J connectivity index is 1.79. The first-order valence-electron chi connectivity index (χ1n) is 9.87. The summed E-state index contributed by atoms with van der Waals surface area (Å²) < 4.78 is 26.2. The number of carbonyl (C=O) groups excluding carboxylic acids is 1. The second-order valence-corrected chi connectivity index (χ2v) is 10.3. The average Bonchev–Trinajstić information content (AvgIpc) is 2.95. The van der Waals surface area contributed by atoms with Crippen LogP contribution in [0.5, 0.6) is 0 Å². The maximum Gasteiger partial charge on any atom is 0.259 e. The van der Waals surface area contributed by atoms with Crippen LogP contribution in [-0.2, 0) is 22.1 Å². The van der Waals surface area contributed by atoms with Crippen molar-refractivity contribution in [2.24, 2.45) is 0 Å². The number of hydrogen-bond acceptors (Lipinski definition) is 4. The summed E-state index contributed by atoms with van der Waals surface area (Å²) in [5.41, 5.74) is 4.29. The minimum Gasteiger partial charge on any atom is -0.322 e. The van der Waals surface area contributed by atoms with Gasteiger partial charge >= 0.3 is 0 Å². The number of aromatic nitrogens is 2. The fourth-order valence-electron chi connectivity index (χ4n) is 3.27. The summed E-state index contributed by atoms with van der Waals surface area (Å²) >= 11 is 0. The molecule has 0 saturated heterocycles. The van der Waals surface area contributed by atoms with Gasteiger partial charge in [0.05, 0.1) is 28.8 Å². The molecule has 1 aromatic heterocycles. The lowest BCUT2D eigenvalue weighted by atomic mass is 10.1. The number of benzene rings is 2. The molecule has 0 saturated carbocycles. The Labute approximate surface area is 177 Å². The SMILES string of the molecule is Cc1nn(Cc2ccccc2)c(C)c1C(=O)Nc1cccc(CS(=O)(=O)C(C)C)c1. The topological polar surface area (TPSA) is 81.1 Å². The van der Waals surface area contributed by atoms with E-state index >= 15 is 0 Å². The maximum absolute atomic E-state index is 12.9. The van der Waals surface area contributed by atoms with Crippen LogP contribution in [0.25, 0.3) is 0 Å². The van der Waals surface area contributed by atoms with Gasteiger partial charge in [-0.25, -0.2) is 8.42 Å². The van der Waals surface area contributed by atoms with Gasteiger partial charge in [-0.2, -0.15) is 5.10 Å². The largest absolute Gasteiger partial charge is 0.322 e. The number of amides is 1. The average molecular weight is 426 g/mol. The van der Waals surface area contributed by atoms with Crippen LogP contribution in [0.15, 0.2) is 54.6 Å². The van der Waals surface area contributed by atoms with E-state index in [4.69, 9.17) is 0 Å². The van der Waals surface area contributed by atoms with E-state index in [1.54, 1.807) is 38.1 Å². The van der Waals surface area contributed by atoms with E-state index < -0.39 is 15.1 Å². The summed E-state index contributed by atoms with van der Waals surface area (Å²) in [7, 11) is -3.21. The van der Waals surface area contributed by atoms with Crippen molar-refractivity contribution in [1.82, 2.24) is 9.78 Å². The first-order valence-corrected chi connectivity index (χ1v) is 11.6. The molecule has 0 aliphatic rings. The first kappa shape index (κ1) is 21.8. The zero-order valence-corrected chi connectivity index (χ0v) is 18.5. The monoisotopic (exact) mass is 425 g/mol. The number of aryl methyl sites for hydroxylation is 1. The summed E-state index contributed by atoms with van der Waals surface area (Å²) in [6, 6.07) is 16.9. The van der Waals surface area contributed by atoms with Crippen molar-refractivity contribution in [1.29, 1.82) is 0 Å². The molecule has 1 heterocycles. The van der Waals surface area contributed by atoms with Crippen LogP contribution in [0.2, 0.25) is 0 Å². The minimum absolute atomic E-state index is 0.0541. The van der Waals surface area contributed by atoms with E-state index in [0.29, 0.717) is 29.1 Å². The molecular formula is C23H27N3O3S. The summed E-state index contributed by atoms with van der Waals surface area (Å²) in [6.07, 6.45) is 0. The molecule has 7 heteroatoms. The van der Waals surface area contributed by atoms with E-state index in [0.717, 1.165) is 11.3 Å². The van der Waals surface area contributed by atoms with E-state index in [2.05, 4.69) is 10.4 Å². The smallest absolute Gasteiger partial charge is 0.259 e. The van der Waals surface area contributed by atoms with Crippen molar-refractivity contribution in [3.63, 3.8) is 0 Å². The van der Waals surface area contributed by atoms with Gasteiger partial charge in [0.1, 0.15) is 0 Å². The maximum atomic E-state index is 12.9. The zero-order chi connectivity index (χ0) is 21.9. The molecule has 0 atom stereocenters. The van der Waals surface area contributed by atoms with E-state index in [9.17, 15) is 13.2 Å². The van der Waals surface area contributed by atoms with Crippen molar-refractivity contribution >= 4 is 21.4 Å². The number of hydrogen-bond donors (Lipinski definition) is 1.